The van der Waals surface area contributed by atoms with Gasteiger partial charge in [0, 0.05) is 6.08 Å². The van der Waals surface area contributed by atoms with Crippen molar-refractivity contribution in [2.24, 2.45) is 0 Å². The topological polar surface area (TPSA) is 56.8 Å². The van der Waals surface area contributed by atoms with Crippen LogP contribution in [0.4, 0.5) is 0 Å². The van der Waals surface area contributed by atoms with E-state index >= 15 is 0 Å². The number of rotatable bonds is 7. The Bertz CT molecular complexity index is 772. The number of amides is 1. The Kier molecular flexibility index (Phi) is 5.79. The highest BCUT2D eigenvalue weighted by molar-refractivity contribution is 5.91. The number of allylic oxidation sites excluding steroid dienone is 3. The zero-order valence-corrected chi connectivity index (χ0v) is 15.0. The van der Waals surface area contributed by atoms with E-state index in [1.165, 1.54) is 6.08 Å². The number of benzene rings is 1. The third-order valence-electron chi connectivity index (χ3n) is 4.33. The predicted molar refractivity (Wildman–Crippen MR) is 99.6 cm³/mol. The molecule has 0 unspecified atom stereocenters. The summed E-state index contributed by atoms with van der Waals surface area (Å²) in [6.45, 7) is 0.418. The summed E-state index contributed by atoms with van der Waals surface area (Å²) < 4.78 is 16.4. The third kappa shape index (κ3) is 4.57. The Morgan fingerprint density at radius 1 is 1.08 bits per heavy atom. The van der Waals surface area contributed by atoms with Gasteiger partial charge in [0.05, 0.1) is 20.3 Å². The molecule has 1 amide bonds. The number of ether oxygens (including phenoxy) is 3. The average molecular weight is 353 g/mol. The molecule has 5 nitrogen and oxygen atoms in total. The lowest BCUT2D eigenvalue weighted by molar-refractivity contribution is -0.116. The molecule has 26 heavy (non-hydrogen) atoms. The SMILES string of the molecule is COC1=CCC=C(COC2=CC(=O)N[C@H]2Cc2ccc(OC)cc2)C=C1. The summed E-state index contributed by atoms with van der Waals surface area (Å²) in [5.74, 6) is 2.20. The van der Waals surface area contributed by atoms with Crippen LogP contribution in [0.3, 0.4) is 0 Å². The molecule has 0 fully saturated rings. The van der Waals surface area contributed by atoms with E-state index in [4.69, 9.17) is 14.2 Å². The zero-order chi connectivity index (χ0) is 18.4. The van der Waals surface area contributed by atoms with Crippen LogP contribution in [-0.2, 0) is 20.7 Å². The monoisotopic (exact) mass is 353 g/mol. The molecule has 1 N–H and O–H groups in total. The minimum atomic E-state index is -0.154. The van der Waals surface area contributed by atoms with Gasteiger partial charge in [-0.05, 0) is 48.3 Å². The molecule has 2 aliphatic rings. The summed E-state index contributed by atoms with van der Waals surface area (Å²) in [6, 6.07) is 7.67. The fraction of sp³-hybridized carbons (Fsp3) is 0.286. The standard InChI is InChI=1S/C21H23NO4/c1-24-17-5-3-4-16(8-11-17)14-26-20-13-21(23)22-19(20)12-15-6-9-18(25-2)10-7-15/h4-11,13,19H,3,12,14H2,1-2H3,(H,22,23)/t19-/m0/s1. The summed E-state index contributed by atoms with van der Waals surface area (Å²) in [4.78, 5) is 11.8. The van der Waals surface area contributed by atoms with E-state index in [2.05, 4.69) is 11.4 Å². The normalized spacial score (nSPS) is 19.1. The minimum Gasteiger partial charge on any atom is -0.497 e. The largest absolute Gasteiger partial charge is 0.497 e. The highest BCUT2D eigenvalue weighted by Crippen LogP contribution is 2.20. The first-order valence-corrected chi connectivity index (χ1v) is 8.57. The predicted octanol–water partition coefficient (Wildman–Crippen LogP) is 3.05. The van der Waals surface area contributed by atoms with Gasteiger partial charge in [0.1, 0.15) is 23.9 Å². The Hall–Kier alpha value is -2.95. The molecule has 0 saturated heterocycles. The molecule has 1 atom stereocenters. The van der Waals surface area contributed by atoms with Crippen LogP contribution in [0.2, 0.25) is 0 Å². The van der Waals surface area contributed by atoms with Gasteiger partial charge in [0.15, 0.2) is 0 Å². The maximum Gasteiger partial charge on any atom is 0.248 e. The fourth-order valence-corrected chi connectivity index (χ4v) is 2.88. The van der Waals surface area contributed by atoms with Crippen molar-refractivity contribution in [2.75, 3.05) is 20.8 Å². The molecule has 0 radical (unpaired) electrons. The summed E-state index contributed by atoms with van der Waals surface area (Å²) in [7, 11) is 3.30. The van der Waals surface area contributed by atoms with Crippen molar-refractivity contribution in [3.05, 3.63) is 77.3 Å². The summed E-state index contributed by atoms with van der Waals surface area (Å²) in [6.07, 6.45) is 11.0. The van der Waals surface area contributed by atoms with Crippen LogP contribution in [0.15, 0.2) is 71.7 Å². The lowest BCUT2D eigenvalue weighted by atomic mass is 10.1. The molecule has 1 aliphatic heterocycles. The Morgan fingerprint density at radius 3 is 2.62 bits per heavy atom. The van der Waals surface area contributed by atoms with Crippen molar-refractivity contribution >= 4 is 5.91 Å². The van der Waals surface area contributed by atoms with Crippen molar-refractivity contribution in [2.45, 2.75) is 18.9 Å². The first-order chi connectivity index (χ1) is 12.7. The van der Waals surface area contributed by atoms with Crippen molar-refractivity contribution < 1.29 is 19.0 Å². The van der Waals surface area contributed by atoms with Crippen LogP contribution >= 0.6 is 0 Å². The lowest BCUT2D eigenvalue weighted by Gasteiger charge is -2.17. The lowest BCUT2D eigenvalue weighted by Crippen LogP contribution is -2.31. The molecular formula is C21H23NO4. The molecule has 0 saturated carbocycles. The van der Waals surface area contributed by atoms with Crippen molar-refractivity contribution in [1.29, 1.82) is 0 Å². The second-order valence-corrected chi connectivity index (χ2v) is 6.11. The Labute approximate surface area is 153 Å². The maximum absolute atomic E-state index is 11.8. The highest BCUT2D eigenvalue weighted by Gasteiger charge is 2.25. The molecule has 0 bridgehead atoms. The van der Waals surface area contributed by atoms with Crippen LogP contribution in [0.25, 0.3) is 0 Å². The number of hydrogen-bond acceptors (Lipinski definition) is 4. The van der Waals surface area contributed by atoms with Crippen LogP contribution in [0, 0.1) is 0 Å². The molecule has 136 valence electrons. The number of carbonyl (C=O) groups excluding carboxylic acids is 1. The van der Waals surface area contributed by atoms with E-state index in [0.29, 0.717) is 18.8 Å². The van der Waals surface area contributed by atoms with Crippen molar-refractivity contribution in [3.8, 4) is 5.75 Å². The molecule has 1 aliphatic carbocycles. The number of hydrogen-bond donors (Lipinski definition) is 1. The molecule has 1 aromatic carbocycles. The molecule has 5 heteroatoms. The van der Waals surface area contributed by atoms with Gasteiger partial charge in [-0.3, -0.25) is 4.79 Å². The van der Waals surface area contributed by atoms with Crippen molar-refractivity contribution in [1.82, 2.24) is 5.32 Å². The van der Waals surface area contributed by atoms with Crippen molar-refractivity contribution in [3.63, 3.8) is 0 Å². The third-order valence-corrected chi connectivity index (χ3v) is 4.33. The second-order valence-electron chi connectivity index (χ2n) is 6.11. The second kappa shape index (κ2) is 8.43. The first kappa shape index (κ1) is 17.9. The molecule has 0 spiro atoms. The fourth-order valence-electron chi connectivity index (χ4n) is 2.88. The van der Waals surface area contributed by atoms with Gasteiger partial charge < -0.3 is 19.5 Å². The zero-order valence-electron chi connectivity index (χ0n) is 15.0. The minimum absolute atomic E-state index is 0.118. The van der Waals surface area contributed by atoms with Gasteiger partial charge in [0.25, 0.3) is 0 Å². The smallest absolute Gasteiger partial charge is 0.248 e. The van der Waals surface area contributed by atoms with Gasteiger partial charge in [-0.25, -0.2) is 0 Å². The van der Waals surface area contributed by atoms with Gasteiger partial charge in [0.2, 0.25) is 5.91 Å². The van der Waals surface area contributed by atoms with Crippen LogP contribution in [0.5, 0.6) is 5.75 Å². The molecule has 1 aromatic rings. The van der Waals surface area contributed by atoms with Gasteiger partial charge in [-0.15, -0.1) is 0 Å². The molecule has 1 heterocycles. The number of methoxy groups -OCH3 is 2. The molecule has 3 rings (SSSR count). The van der Waals surface area contributed by atoms with E-state index < -0.39 is 0 Å². The van der Waals surface area contributed by atoms with Gasteiger partial charge in [-0.1, -0.05) is 24.3 Å². The maximum atomic E-state index is 11.8. The van der Waals surface area contributed by atoms with E-state index in [1.54, 1.807) is 14.2 Å². The first-order valence-electron chi connectivity index (χ1n) is 8.57. The van der Waals surface area contributed by atoms with E-state index in [-0.39, 0.29) is 11.9 Å². The summed E-state index contributed by atoms with van der Waals surface area (Å²) >= 11 is 0. The van der Waals surface area contributed by atoms with E-state index in [9.17, 15) is 4.79 Å². The average Bonchev–Trinajstić information content (AvgIpc) is 2.86. The summed E-state index contributed by atoms with van der Waals surface area (Å²) in [5.41, 5.74) is 2.16. The van der Waals surface area contributed by atoms with E-state index in [0.717, 1.165) is 29.1 Å². The highest BCUT2D eigenvalue weighted by atomic mass is 16.5. The van der Waals surface area contributed by atoms with Gasteiger partial charge in [-0.2, -0.15) is 0 Å². The Balaban J connectivity index is 1.60. The molecule has 0 aromatic heterocycles. The van der Waals surface area contributed by atoms with Crippen LogP contribution < -0.4 is 10.1 Å². The number of carbonyl (C=O) groups is 1. The molecular weight excluding hydrogens is 330 g/mol. The number of nitrogens with one attached hydrogen (secondary N) is 1. The Morgan fingerprint density at radius 2 is 1.88 bits per heavy atom. The van der Waals surface area contributed by atoms with Crippen LogP contribution in [-0.4, -0.2) is 32.8 Å². The quantitative estimate of drug-likeness (QED) is 0.819. The van der Waals surface area contributed by atoms with Gasteiger partial charge >= 0.3 is 0 Å². The van der Waals surface area contributed by atoms with E-state index in [1.807, 2.05) is 42.5 Å². The van der Waals surface area contributed by atoms with Crippen LogP contribution in [0.1, 0.15) is 12.0 Å². The summed E-state index contributed by atoms with van der Waals surface area (Å²) in [5, 5.41) is 2.94.